The van der Waals surface area contributed by atoms with Crippen molar-refractivity contribution in [2.24, 2.45) is 0 Å². The summed E-state index contributed by atoms with van der Waals surface area (Å²) in [5.41, 5.74) is -13.8. The molecule has 74 heavy (non-hydrogen) atoms. The molecule has 0 spiro atoms. The van der Waals surface area contributed by atoms with E-state index in [0.717, 1.165) is 30.3 Å². The highest BCUT2D eigenvalue weighted by Crippen LogP contribution is 2.50. The molecule has 0 saturated heterocycles. The van der Waals surface area contributed by atoms with Gasteiger partial charge in [-0.25, -0.2) is 79.0 Å². The first-order valence-corrected chi connectivity index (χ1v) is 22.0. The maximum atomic E-state index is 16.4. The SMILES string of the molecule is Cc1c2c3c(cccc3c3cc(B(c4c(F)c(F)c(F)c(F)c4F)c4c(F)c(F)c(C(C)(C)C)c(F)c4F)ccc13)Oc1cc(B(c3c(F)c(F)c(F)c(F)c3F)c3c(F)c(F)c(C(C)(C)C)c(F)c3F)ccc1-2. The molecule has 1 aliphatic heterocycles. The van der Waals surface area contributed by atoms with Crippen molar-refractivity contribution in [2.75, 3.05) is 0 Å². The quantitative estimate of drug-likeness (QED) is 0.0530. The van der Waals surface area contributed by atoms with Crippen molar-refractivity contribution in [2.45, 2.75) is 59.3 Å². The third-order valence-corrected chi connectivity index (χ3v) is 13.3. The van der Waals surface area contributed by atoms with Gasteiger partial charge in [0, 0.05) is 49.5 Å². The van der Waals surface area contributed by atoms with Crippen molar-refractivity contribution < 1.29 is 83.8 Å². The summed E-state index contributed by atoms with van der Waals surface area (Å²) >= 11 is 0. The zero-order valence-electron chi connectivity index (χ0n) is 39.1. The van der Waals surface area contributed by atoms with Crippen LogP contribution in [0.5, 0.6) is 11.5 Å². The highest BCUT2D eigenvalue weighted by atomic mass is 19.2. The van der Waals surface area contributed by atoms with Gasteiger partial charge in [-0.15, -0.1) is 0 Å². The highest BCUT2D eigenvalue weighted by Gasteiger charge is 2.45. The van der Waals surface area contributed by atoms with Crippen LogP contribution in [-0.2, 0) is 10.8 Å². The second-order valence-corrected chi connectivity index (χ2v) is 19.8. The first-order valence-electron chi connectivity index (χ1n) is 22.0. The summed E-state index contributed by atoms with van der Waals surface area (Å²) in [5, 5.41) is 0.421. The van der Waals surface area contributed by atoms with Crippen LogP contribution in [0, 0.1) is 112 Å². The standard InChI is InChI=1S/C53H30B2F18O/c1-17-20-13-11-18(54(32-42(64)46(68)50(72)47(69)43(32)65)30-38(60)34(56)28(52(2,3)4)35(57)39(30)61)15-23(20)21-9-8-10-24-27(21)26(17)22-14-12-19(16-25(22)74-24)55(33-44(66)48(70)51(73)49(71)45(33)67)31-40(62)36(58)29(53(5,6)7)37(59)41(31)63/h8-16H,1-7H3. The first kappa shape index (κ1) is 51.8. The number of halogens is 18. The minimum absolute atomic E-state index is 0.00583. The molecule has 1 aliphatic rings. The molecule has 0 unspecified atom stereocenters. The van der Waals surface area contributed by atoms with Gasteiger partial charge in [-0.1, -0.05) is 94.9 Å². The molecular weight excluding hydrogens is 1020 g/mol. The average Bonchev–Trinajstić information content (AvgIpc) is 3.34. The van der Waals surface area contributed by atoms with Gasteiger partial charge in [0.05, 0.1) is 0 Å². The van der Waals surface area contributed by atoms with E-state index in [0.29, 0.717) is 0 Å². The number of benzene rings is 8. The summed E-state index contributed by atoms with van der Waals surface area (Å²) < 4.78 is 287. The van der Waals surface area contributed by atoms with Gasteiger partial charge in [-0.2, -0.15) is 0 Å². The second kappa shape index (κ2) is 17.5. The van der Waals surface area contributed by atoms with E-state index in [-0.39, 0.29) is 49.7 Å². The van der Waals surface area contributed by atoms with Gasteiger partial charge in [0.25, 0.3) is 13.4 Å². The maximum absolute atomic E-state index is 16.4. The molecule has 0 fully saturated rings. The highest BCUT2D eigenvalue weighted by molar-refractivity contribution is 6.96. The minimum atomic E-state index is -2.83. The molecule has 0 radical (unpaired) electrons. The minimum Gasteiger partial charge on any atom is -0.456 e. The molecule has 0 amide bonds. The molecule has 0 atom stereocenters. The van der Waals surface area contributed by atoms with Gasteiger partial charge in [0.2, 0.25) is 0 Å². The first-order chi connectivity index (χ1) is 34.4. The van der Waals surface area contributed by atoms with Crippen molar-refractivity contribution >= 4 is 67.7 Å². The van der Waals surface area contributed by atoms with Gasteiger partial charge in [-0.3, -0.25) is 0 Å². The van der Waals surface area contributed by atoms with E-state index in [4.69, 9.17) is 4.74 Å². The van der Waals surface area contributed by atoms with Gasteiger partial charge in [0.15, 0.2) is 105 Å². The molecule has 0 aromatic heterocycles. The maximum Gasteiger partial charge on any atom is 0.257 e. The topological polar surface area (TPSA) is 9.23 Å². The lowest BCUT2D eigenvalue weighted by atomic mass is 9.36. The Morgan fingerprint density at radius 1 is 0.351 bits per heavy atom. The lowest BCUT2D eigenvalue weighted by Crippen LogP contribution is -2.58. The van der Waals surface area contributed by atoms with Crippen LogP contribution in [0.25, 0.3) is 32.7 Å². The van der Waals surface area contributed by atoms with Gasteiger partial charge in [-0.05, 0) is 51.6 Å². The molecule has 0 N–H and O–H groups in total. The monoisotopic (exact) mass is 1050 g/mol. The molecule has 8 aromatic rings. The van der Waals surface area contributed by atoms with Gasteiger partial charge in [0.1, 0.15) is 11.5 Å². The Kier molecular flexibility index (Phi) is 12.3. The van der Waals surface area contributed by atoms with E-state index < -0.39 is 173 Å². The molecule has 380 valence electrons. The van der Waals surface area contributed by atoms with Crippen molar-refractivity contribution in [3.05, 3.63) is 176 Å². The second-order valence-electron chi connectivity index (χ2n) is 19.8. The summed E-state index contributed by atoms with van der Waals surface area (Å²) in [7, 11) is 0. The predicted molar refractivity (Wildman–Crippen MR) is 243 cm³/mol. The van der Waals surface area contributed by atoms with Crippen LogP contribution in [-0.4, -0.2) is 13.4 Å². The Morgan fingerprint density at radius 3 is 1.09 bits per heavy atom. The molecule has 0 saturated carbocycles. The van der Waals surface area contributed by atoms with Crippen LogP contribution in [0.2, 0.25) is 0 Å². The predicted octanol–water partition coefficient (Wildman–Crippen LogP) is 12.2. The molecule has 1 nitrogen and oxygen atoms in total. The largest absolute Gasteiger partial charge is 0.456 e. The zero-order valence-corrected chi connectivity index (χ0v) is 39.1. The fraction of sp³-hybridized carbons (Fsp3) is 0.170. The van der Waals surface area contributed by atoms with E-state index in [1.54, 1.807) is 0 Å². The fourth-order valence-electron chi connectivity index (χ4n) is 10.0. The van der Waals surface area contributed by atoms with E-state index in [9.17, 15) is 26.3 Å². The molecule has 21 heteroatoms. The molecule has 8 aromatic carbocycles. The van der Waals surface area contributed by atoms with E-state index in [2.05, 4.69) is 0 Å². The van der Waals surface area contributed by atoms with Crippen molar-refractivity contribution in [3.8, 4) is 22.6 Å². The zero-order chi connectivity index (χ0) is 54.4. The van der Waals surface area contributed by atoms with Crippen LogP contribution in [0.3, 0.4) is 0 Å². The van der Waals surface area contributed by atoms with Crippen molar-refractivity contribution in [1.29, 1.82) is 0 Å². The van der Waals surface area contributed by atoms with Crippen LogP contribution in [0.4, 0.5) is 79.0 Å². The normalized spacial score (nSPS) is 12.5. The molecule has 1 heterocycles. The molecular formula is C53H30B2F18O. The van der Waals surface area contributed by atoms with Gasteiger partial charge < -0.3 is 4.74 Å². The Hall–Kier alpha value is -7.05. The molecule has 9 rings (SSSR count). The Bertz CT molecular complexity index is 3690. The van der Waals surface area contributed by atoms with Crippen molar-refractivity contribution in [3.63, 3.8) is 0 Å². The summed E-state index contributed by atoms with van der Waals surface area (Å²) in [5.74, 6) is -43.4. The van der Waals surface area contributed by atoms with Crippen LogP contribution in [0.1, 0.15) is 58.2 Å². The van der Waals surface area contributed by atoms with Crippen LogP contribution >= 0.6 is 0 Å². The van der Waals surface area contributed by atoms with Crippen LogP contribution in [0.15, 0.2) is 54.6 Å². The van der Waals surface area contributed by atoms with Crippen molar-refractivity contribution in [1.82, 2.24) is 0 Å². The molecule has 0 aliphatic carbocycles. The number of fused-ring (bicyclic) bond motifs is 4. The Balaban J connectivity index is 1.30. The summed E-state index contributed by atoms with van der Waals surface area (Å²) in [6, 6.07) is 10.0. The lowest BCUT2D eigenvalue weighted by molar-refractivity contribution is 0.384. The lowest BCUT2D eigenvalue weighted by Gasteiger charge is -2.28. The van der Waals surface area contributed by atoms with Crippen LogP contribution < -0.4 is 37.5 Å². The Labute approximate surface area is 408 Å². The Morgan fingerprint density at radius 2 is 0.703 bits per heavy atom. The number of aryl methyl sites for hydroxylation is 1. The smallest absolute Gasteiger partial charge is 0.257 e. The molecule has 0 bridgehead atoms. The van der Waals surface area contributed by atoms with Gasteiger partial charge >= 0.3 is 0 Å². The summed E-state index contributed by atoms with van der Waals surface area (Å²) in [4.78, 5) is 0. The third-order valence-electron chi connectivity index (χ3n) is 13.3. The third kappa shape index (κ3) is 7.44. The fourth-order valence-corrected chi connectivity index (χ4v) is 10.0. The van der Waals surface area contributed by atoms with E-state index in [1.807, 2.05) is 0 Å². The summed E-state index contributed by atoms with van der Waals surface area (Å²) in [6.07, 6.45) is 0. The number of hydrogen-bond acceptors (Lipinski definition) is 1. The number of rotatable bonds is 6. The van der Waals surface area contributed by atoms with E-state index in [1.165, 1.54) is 72.7 Å². The number of ether oxygens (including phenoxy) is 1. The number of hydrogen-bond donors (Lipinski definition) is 0. The average molecular weight is 1050 g/mol. The summed E-state index contributed by atoms with van der Waals surface area (Å²) in [6.45, 7) is 2.92. The van der Waals surface area contributed by atoms with E-state index >= 15 is 52.7 Å².